The Morgan fingerprint density at radius 2 is 1.76 bits per heavy atom. The van der Waals surface area contributed by atoms with E-state index in [2.05, 4.69) is 46.4 Å². The minimum atomic E-state index is 0.113. The van der Waals surface area contributed by atoms with Gasteiger partial charge in [-0.25, -0.2) is 0 Å². The van der Waals surface area contributed by atoms with E-state index < -0.39 is 0 Å². The van der Waals surface area contributed by atoms with Crippen LogP contribution in [0.25, 0.3) is 0 Å². The maximum absolute atomic E-state index is 10.2. The highest BCUT2D eigenvalue weighted by molar-refractivity contribution is 5.47. The summed E-state index contributed by atoms with van der Waals surface area (Å²) in [5.74, 6) is 0.448. The fourth-order valence-corrected chi connectivity index (χ4v) is 1.92. The number of hydrogen-bond donors (Lipinski definition) is 1. The van der Waals surface area contributed by atoms with Gasteiger partial charge in [-0.1, -0.05) is 52.0 Å². The highest BCUT2D eigenvalue weighted by Crippen LogP contribution is 2.32. The molecule has 0 atom stereocenters. The van der Waals surface area contributed by atoms with Crippen LogP contribution in [-0.4, -0.2) is 5.11 Å². The molecule has 0 radical (unpaired) electrons. The lowest BCUT2D eigenvalue weighted by Crippen LogP contribution is -2.12. The zero-order valence-corrected chi connectivity index (χ0v) is 11.7. The third kappa shape index (κ3) is 3.36. The molecule has 1 heteroatoms. The van der Waals surface area contributed by atoms with Crippen LogP contribution < -0.4 is 0 Å². The number of benzene rings is 1. The number of phenols is 1. The lowest BCUT2D eigenvalue weighted by Gasteiger charge is -2.22. The quantitative estimate of drug-likeness (QED) is 0.767. The van der Waals surface area contributed by atoms with Gasteiger partial charge in [0.1, 0.15) is 5.75 Å². The molecule has 17 heavy (non-hydrogen) atoms. The Hall–Kier alpha value is -1.24. The van der Waals surface area contributed by atoms with Crippen molar-refractivity contribution in [2.24, 2.45) is 0 Å². The summed E-state index contributed by atoms with van der Waals surface area (Å²) in [6, 6.07) is 4.24. The van der Waals surface area contributed by atoms with Gasteiger partial charge in [0.15, 0.2) is 0 Å². The van der Waals surface area contributed by atoms with Crippen LogP contribution >= 0.6 is 0 Å². The molecule has 94 valence electrons. The summed E-state index contributed by atoms with van der Waals surface area (Å²) in [4.78, 5) is 0. The molecule has 1 aromatic carbocycles. The molecular formula is C16H24O. The Morgan fingerprint density at radius 3 is 2.18 bits per heavy atom. The predicted octanol–water partition coefficient (Wildman–Crippen LogP) is 4.37. The number of hydrogen-bond acceptors (Lipinski definition) is 1. The summed E-state index contributed by atoms with van der Waals surface area (Å²) in [5.41, 5.74) is 4.51. The third-order valence-electron chi connectivity index (χ3n) is 3.01. The van der Waals surface area contributed by atoms with E-state index in [9.17, 15) is 5.11 Å². The van der Waals surface area contributed by atoms with E-state index in [1.807, 2.05) is 6.92 Å². The highest BCUT2D eigenvalue weighted by atomic mass is 16.3. The van der Waals surface area contributed by atoms with Crippen LogP contribution in [0.1, 0.15) is 51.3 Å². The second-order valence-corrected chi connectivity index (χ2v) is 5.88. The maximum Gasteiger partial charge on any atom is 0.122 e. The van der Waals surface area contributed by atoms with Gasteiger partial charge < -0.3 is 5.11 Å². The van der Waals surface area contributed by atoms with Crippen molar-refractivity contribution in [2.75, 3.05) is 0 Å². The molecule has 1 aromatic rings. The smallest absolute Gasteiger partial charge is 0.122 e. The van der Waals surface area contributed by atoms with Crippen LogP contribution in [0.3, 0.4) is 0 Å². The van der Waals surface area contributed by atoms with E-state index in [0.717, 1.165) is 29.5 Å². The minimum absolute atomic E-state index is 0.113. The van der Waals surface area contributed by atoms with Crippen molar-refractivity contribution >= 4 is 0 Å². The lowest BCUT2D eigenvalue weighted by atomic mass is 9.83. The zero-order valence-electron chi connectivity index (χ0n) is 11.7. The summed E-state index contributed by atoms with van der Waals surface area (Å²) in [6.07, 6.45) is 1.61. The zero-order chi connectivity index (χ0) is 13.2. The van der Waals surface area contributed by atoms with Gasteiger partial charge in [-0.15, -0.1) is 0 Å². The molecule has 0 fully saturated rings. The SMILES string of the molecule is C=C(C)Cc1cc(C(C)(C)C)cc(CC)c1O. The first kappa shape index (κ1) is 13.8. The van der Waals surface area contributed by atoms with E-state index in [0.29, 0.717) is 5.75 Å². The average molecular weight is 232 g/mol. The van der Waals surface area contributed by atoms with Gasteiger partial charge in [-0.05, 0) is 41.9 Å². The Balaban J connectivity index is 3.33. The number of aromatic hydroxyl groups is 1. The van der Waals surface area contributed by atoms with E-state index in [1.165, 1.54) is 5.56 Å². The minimum Gasteiger partial charge on any atom is -0.507 e. The van der Waals surface area contributed by atoms with Gasteiger partial charge in [0.25, 0.3) is 0 Å². The van der Waals surface area contributed by atoms with Crippen molar-refractivity contribution in [3.8, 4) is 5.75 Å². The highest BCUT2D eigenvalue weighted by Gasteiger charge is 2.17. The van der Waals surface area contributed by atoms with Crippen molar-refractivity contribution < 1.29 is 5.11 Å². The molecule has 0 heterocycles. The Morgan fingerprint density at radius 1 is 1.24 bits per heavy atom. The van der Waals surface area contributed by atoms with Crippen LogP contribution in [0.4, 0.5) is 0 Å². The van der Waals surface area contributed by atoms with Gasteiger partial charge in [0.05, 0.1) is 0 Å². The van der Waals surface area contributed by atoms with Gasteiger partial charge in [0.2, 0.25) is 0 Å². The largest absolute Gasteiger partial charge is 0.507 e. The van der Waals surface area contributed by atoms with Crippen molar-refractivity contribution in [3.63, 3.8) is 0 Å². The first-order chi connectivity index (χ1) is 7.75. The standard InChI is InChI=1S/C16H24O/c1-7-12-9-14(16(4,5)6)10-13(15(12)17)8-11(2)3/h9-10,17H,2,7-8H2,1,3-6H3. The van der Waals surface area contributed by atoms with Crippen LogP contribution in [0, 0.1) is 0 Å². The van der Waals surface area contributed by atoms with Gasteiger partial charge in [0, 0.05) is 0 Å². The van der Waals surface area contributed by atoms with Crippen LogP contribution in [0.5, 0.6) is 5.75 Å². The lowest BCUT2D eigenvalue weighted by molar-refractivity contribution is 0.461. The fourth-order valence-electron chi connectivity index (χ4n) is 1.92. The van der Waals surface area contributed by atoms with Crippen LogP contribution in [0.15, 0.2) is 24.3 Å². The Labute approximate surface area is 105 Å². The predicted molar refractivity (Wildman–Crippen MR) is 74.7 cm³/mol. The molecule has 0 unspecified atom stereocenters. The van der Waals surface area contributed by atoms with Crippen molar-refractivity contribution in [1.82, 2.24) is 0 Å². The molecule has 0 saturated carbocycles. The van der Waals surface area contributed by atoms with Gasteiger partial charge >= 0.3 is 0 Å². The molecule has 0 spiro atoms. The molecule has 0 aliphatic carbocycles. The molecule has 0 aromatic heterocycles. The van der Waals surface area contributed by atoms with E-state index in [-0.39, 0.29) is 5.41 Å². The van der Waals surface area contributed by atoms with Crippen molar-refractivity contribution in [2.45, 2.75) is 52.9 Å². The van der Waals surface area contributed by atoms with E-state index in [4.69, 9.17) is 0 Å². The molecule has 1 N–H and O–H groups in total. The summed E-state index contributed by atoms with van der Waals surface area (Å²) >= 11 is 0. The Kier molecular flexibility index (Phi) is 4.03. The van der Waals surface area contributed by atoms with Crippen molar-refractivity contribution in [1.29, 1.82) is 0 Å². The van der Waals surface area contributed by atoms with Gasteiger partial charge in [-0.2, -0.15) is 0 Å². The summed E-state index contributed by atoms with van der Waals surface area (Å²) in [5, 5.41) is 10.2. The monoisotopic (exact) mass is 232 g/mol. The second-order valence-electron chi connectivity index (χ2n) is 5.88. The van der Waals surface area contributed by atoms with Gasteiger partial charge in [-0.3, -0.25) is 0 Å². The molecule has 0 aliphatic rings. The number of allylic oxidation sites excluding steroid dienone is 1. The summed E-state index contributed by atoms with van der Waals surface area (Å²) in [6.45, 7) is 14.6. The topological polar surface area (TPSA) is 20.2 Å². The molecule has 0 aliphatic heterocycles. The molecular weight excluding hydrogens is 208 g/mol. The molecule has 1 nitrogen and oxygen atoms in total. The first-order valence-electron chi connectivity index (χ1n) is 6.25. The fraction of sp³-hybridized carbons (Fsp3) is 0.500. The van der Waals surface area contributed by atoms with E-state index in [1.54, 1.807) is 0 Å². The molecule has 0 bridgehead atoms. The van der Waals surface area contributed by atoms with E-state index >= 15 is 0 Å². The summed E-state index contributed by atoms with van der Waals surface area (Å²) < 4.78 is 0. The van der Waals surface area contributed by atoms with Crippen LogP contribution in [0.2, 0.25) is 0 Å². The number of rotatable bonds is 3. The molecule has 0 saturated heterocycles. The van der Waals surface area contributed by atoms with Crippen molar-refractivity contribution in [3.05, 3.63) is 41.0 Å². The first-order valence-corrected chi connectivity index (χ1v) is 6.25. The maximum atomic E-state index is 10.2. The average Bonchev–Trinajstić information content (AvgIpc) is 2.18. The second kappa shape index (κ2) is 4.95. The molecule has 1 rings (SSSR count). The third-order valence-corrected chi connectivity index (χ3v) is 3.01. The number of phenolic OH excluding ortho intramolecular Hbond substituents is 1. The number of aryl methyl sites for hydroxylation is 1. The summed E-state index contributed by atoms with van der Waals surface area (Å²) in [7, 11) is 0. The normalized spacial score (nSPS) is 11.6. The van der Waals surface area contributed by atoms with Crippen LogP contribution in [-0.2, 0) is 18.3 Å². The Bertz CT molecular complexity index is 422. The molecule has 0 amide bonds.